The predicted octanol–water partition coefficient (Wildman–Crippen LogP) is 2.21. The van der Waals surface area contributed by atoms with Crippen LogP contribution in [-0.4, -0.2) is 36.2 Å². The second-order valence-electron chi connectivity index (χ2n) is 3.62. The van der Waals surface area contributed by atoms with Gasteiger partial charge in [0.15, 0.2) is 5.82 Å². The molecule has 0 radical (unpaired) electrons. The molecule has 1 heterocycles. The quantitative estimate of drug-likeness (QED) is 0.818. The van der Waals surface area contributed by atoms with Crippen LogP contribution in [0, 0.1) is 11.3 Å². The molecule has 1 aromatic heterocycles. The molecule has 7 nitrogen and oxygen atoms in total. The van der Waals surface area contributed by atoms with Crippen molar-refractivity contribution in [3.8, 4) is 6.07 Å². The molecule has 0 spiro atoms. The fraction of sp³-hybridized carbons (Fsp3) is 0.417. The molecule has 0 atom stereocenters. The molecule has 0 saturated heterocycles. The highest BCUT2D eigenvalue weighted by Gasteiger charge is 2.20. The molecule has 0 unspecified atom stereocenters. The summed E-state index contributed by atoms with van der Waals surface area (Å²) in [6.07, 6.45) is 0. The van der Waals surface area contributed by atoms with E-state index in [4.69, 9.17) is 5.26 Å². The average molecular weight is 261 g/mol. The van der Waals surface area contributed by atoms with Gasteiger partial charge >= 0.3 is 5.97 Å². The SMILES string of the molecule is CCN(CC)c1nc(N=NC)c(C#N)cc1C(=O)O. The van der Waals surface area contributed by atoms with Gasteiger partial charge in [0.1, 0.15) is 17.5 Å². The van der Waals surface area contributed by atoms with E-state index in [1.54, 1.807) is 4.90 Å². The number of aromatic nitrogens is 1. The fourth-order valence-corrected chi connectivity index (χ4v) is 1.67. The molecule has 100 valence electrons. The first-order valence-electron chi connectivity index (χ1n) is 5.82. The van der Waals surface area contributed by atoms with Crippen molar-refractivity contribution < 1.29 is 9.90 Å². The summed E-state index contributed by atoms with van der Waals surface area (Å²) >= 11 is 0. The lowest BCUT2D eigenvalue weighted by Crippen LogP contribution is -2.25. The third-order valence-electron chi connectivity index (χ3n) is 2.59. The van der Waals surface area contributed by atoms with E-state index in [-0.39, 0.29) is 16.9 Å². The van der Waals surface area contributed by atoms with Crippen LogP contribution in [0.2, 0.25) is 0 Å². The highest BCUT2D eigenvalue weighted by atomic mass is 16.4. The summed E-state index contributed by atoms with van der Waals surface area (Å²) in [7, 11) is 1.46. The third-order valence-corrected chi connectivity index (χ3v) is 2.59. The van der Waals surface area contributed by atoms with Crippen LogP contribution in [0.25, 0.3) is 0 Å². The van der Waals surface area contributed by atoms with Crippen molar-refractivity contribution in [2.45, 2.75) is 13.8 Å². The Hall–Kier alpha value is -2.49. The third kappa shape index (κ3) is 3.04. The molecule has 0 aromatic carbocycles. The average Bonchev–Trinajstić information content (AvgIpc) is 2.40. The number of carboxylic acid groups (broad SMARTS) is 1. The summed E-state index contributed by atoms with van der Waals surface area (Å²) in [5.74, 6) is -0.679. The van der Waals surface area contributed by atoms with Gasteiger partial charge in [0, 0.05) is 20.1 Å². The van der Waals surface area contributed by atoms with Crippen molar-refractivity contribution in [3.63, 3.8) is 0 Å². The molecule has 0 bridgehead atoms. The van der Waals surface area contributed by atoms with E-state index in [1.807, 2.05) is 19.9 Å². The topological polar surface area (TPSA) is 102 Å². The number of carbonyl (C=O) groups is 1. The summed E-state index contributed by atoms with van der Waals surface area (Å²) in [6.45, 7) is 5.02. The van der Waals surface area contributed by atoms with Gasteiger partial charge in [0.05, 0.1) is 5.56 Å². The van der Waals surface area contributed by atoms with Crippen LogP contribution in [0.3, 0.4) is 0 Å². The minimum absolute atomic E-state index is 0.00435. The van der Waals surface area contributed by atoms with Gasteiger partial charge in [0.2, 0.25) is 0 Å². The molecular formula is C12H15N5O2. The van der Waals surface area contributed by atoms with Crippen LogP contribution in [0.1, 0.15) is 29.8 Å². The predicted molar refractivity (Wildman–Crippen MR) is 69.9 cm³/mol. The van der Waals surface area contributed by atoms with Gasteiger partial charge in [-0.2, -0.15) is 10.4 Å². The molecule has 0 fully saturated rings. The maximum absolute atomic E-state index is 11.3. The van der Waals surface area contributed by atoms with Crippen LogP contribution in [-0.2, 0) is 0 Å². The van der Waals surface area contributed by atoms with Gasteiger partial charge in [-0.3, -0.25) is 0 Å². The number of nitrogens with zero attached hydrogens (tertiary/aromatic N) is 5. The summed E-state index contributed by atoms with van der Waals surface area (Å²) in [6, 6.07) is 3.16. The molecule has 0 saturated carbocycles. The standard InChI is InChI=1S/C12H15N5O2/c1-4-17(5-2)11-9(12(18)19)6-8(7-13)10(15-11)16-14-3/h6H,4-5H2,1-3H3,(H,18,19). The zero-order valence-electron chi connectivity index (χ0n) is 11.1. The lowest BCUT2D eigenvalue weighted by molar-refractivity contribution is 0.0697. The van der Waals surface area contributed by atoms with E-state index in [1.165, 1.54) is 13.1 Å². The van der Waals surface area contributed by atoms with Crippen LogP contribution >= 0.6 is 0 Å². The first-order chi connectivity index (χ1) is 9.08. The van der Waals surface area contributed by atoms with E-state index in [2.05, 4.69) is 15.2 Å². The molecule has 7 heteroatoms. The largest absolute Gasteiger partial charge is 0.478 e. The molecule has 19 heavy (non-hydrogen) atoms. The van der Waals surface area contributed by atoms with Crippen LogP contribution in [0.4, 0.5) is 11.6 Å². The minimum Gasteiger partial charge on any atom is -0.478 e. The van der Waals surface area contributed by atoms with Gasteiger partial charge in [-0.05, 0) is 19.9 Å². The summed E-state index contributed by atoms with van der Waals surface area (Å²) in [5.41, 5.74) is 0.0919. The lowest BCUT2D eigenvalue weighted by Gasteiger charge is -2.21. The van der Waals surface area contributed by atoms with E-state index < -0.39 is 5.97 Å². The second-order valence-corrected chi connectivity index (χ2v) is 3.62. The van der Waals surface area contributed by atoms with Crippen molar-refractivity contribution in [1.29, 1.82) is 5.26 Å². The molecule has 0 aliphatic heterocycles. The van der Waals surface area contributed by atoms with Crippen molar-refractivity contribution in [2.75, 3.05) is 25.0 Å². The summed E-state index contributed by atoms with van der Waals surface area (Å²) in [5, 5.41) is 25.6. The zero-order chi connectivity index (χ0) is 14.4. The number of hydrogen-bond donors (Lipinski definition) is 1. The first kappa shape index (κ1) is 14.6. The molecule has 1 aromatic rings. The Morgan fingerprint density at radius 1 is 1.53 bits per heavy atom. The summed E-state index contributed by atoms with van der Waals surface area (Å²) in [4.78, 5) is 17.2. The number of hydrogen-bond acceptors (Lipinski definition) is 6. The summed E-state index contributed by atoms with van der Waals surface area (Å²) < 4.78 is 0. The Labute approximate surface area is 111 Å². The van der Waals surface area contributed by atoms with Crippen LogP contribution < -0.4 is 4.90 Å². The molecular weight excluding hydrogens is 246 g/mol. The molecule has 1 rings (SSSR count). The number of azo groups is 1. The van der Waals surface area contributed by atoms with E-state index in [9.17, 15) is 9.90 Å². The Morgan fingerprint density at radius 2 is 2.16 bits per heavy atom. The van der Waals surface area contributed by atoms with Crippen LogP contribution in [0.15, 0.2) is 16.3 Å². The Balaban J connectivity index is 3.54. The number of anilines is 1. The number of nitriles is 1. The maximum Gasteiger partial charge on any atom is 0.339 e. The molecule has 0 aliphatic rings. The van der Waals surface area contributed by atoms with Crippen LogP contribution in [0.5, 0.6) is 0 Å². The monoisotopic (exact) mass is 261 g/mol. The van der Waals surface area contributed by atoms with Crippen molar-refractivity contribution in [2.24, 2.45) is 10.2 Å². The Morgan fingerprint density at radius 3 is 2.58 bits per heavy atom. The fourth-order valence-electron chi connectivity index (χ4n) is 1.67. The van der Waals surface area contributed by atoms with Gasteiger partial charge in [-0.15, -0.1) is 5.11 Å². The Bertz CT molecular complexity index is 544. The number of pyridine rings is 1. The van der Waals surface area contributed by atoms with E-state index in [0.717, 1.165) is 0 Å². The molecule has 0 aliphatic carbocycles. The van der Waals surface area contributed by atoms with Crippen molar-refractivity contribution >= 4 is 17.6 Å². The smallest absolute Gasteiger partial charge is 0.339 e. The normalized spacial score (nSPS) is 10.4. The number of aromatic carboxylic acids is 1. The maximum atomic E-state index is 11.3. The minimum atomic E-state index is -1.12. The van der Waals surface area contributed by atoms with E-state index >= 15 is 0 Å². The second kappa shape index (κ2) is 6.44. The first-order valence-corrected chi connectivity index (χ1v) is 5.82. The number of rotatable bonds is 5. The lowest BCUT2D eigenvalue weighted by atomic mass is 10.1. The highest BCUT2D eigenvalue weighted by molar-refractivity contribution is 5.94. The Kier molecular flexibility index (Phi) is 4.94. The van der Waals surface area contributed by atoms with Gasteiger partial charge < -0.3 is 10.0 Å². The van der Waals surface area contributed by atoms with Crippen molar-refractivity contribution in [3.05, 3.63) is 17.2 Å². The van der Waals surface area contributed by atoms with Gasteiger partial charge in [-0.25, -0.2) is 9.78 Å². The number of carboxylic acids is 1. The van der Waals surface area contributed by atoms with Crippen molar-refractivity contribution in [1.82, 2.24) is 4.98 Å². The highest BCUT2D eigenvalue weighted by Crippen LogP contribution is 2.26. The van der Waals surface area contributed by atoms with E-state index in [0.29, 0.717) is 18.9 Å². The molecule has 0 amide bonds. The zero-order valence-corrected chi connectivity index (χ0v) is 11.1. The van der Waals surface area contributed by atoms with Gasteiger partial charge in [0.25, 0.3) is 0 Å². The van der Waals surface area contributed by atoms with Gasteiger partial charge in [-0.1, -0.05) is 0 Å². The molecule has 1 N–H and O–H groups in total.